The van der Waals surface area contributed by atoms with Crippen molar-refractivity contribution in [2.75, 3.05) is 20.8 Å². The Labute approximate surface area is 159 Å². The van der Waals surface area contributed by atoms with E-state index in [1.165, 1.54) is 26.5 Å². The summed E-state index contributed by atoms with van der Waals surface area (Å²) in [6.45, 7) is -0.208. The predicted octanol–water partition coefficient (Wildman–Crippen LogP) is 2.35. The Bertz CT molecular complexity index is 824. The van der Waals surface area contributed by atoms with Gasteiger partial charge in [-0.3, -0.25) is 9.59 Å². The number of hydrogen-bond acceptors (Lipinski definition) is 5. The molecular formula is C18H18BrN3O4. The minimum Gasteiger partial charge on any atom is -0.493 e. The van der Waals surface area contributed by atoms with E-state index >= 15 is 0 Å². The van der Waals surface area contributed by atoms with Crippen molar-refractivity contribution in [3.8, 4) is 11.5 Å². The summed E-state index contributed by atoms with van der Waals surface area (Å²) in [5.74, 6) is 0.101. The van der Waals surface area contributed by atoms with Gasteiger partial charge in [-0.15, -0.1) is 0 Å². The van der Waals surface area contributed by atoms with Crippen molar-refractivity contribution in [1.29, 1.82) is 0 Å². The average Bonchev–Trinajstić information content (AvgIpc) is 2.67. The van der Waals surface area contributed by atoms with Crippen LogP contribution in [0.2, 0.25) is 0 Å². The van der Waals surface area contributed by atoms with Crippen molar-refractivity contribution >= 4 is 34.0 Å². The van der Waals surface area contributed by atoms with Gasteiger partial charge in [0.15, 0.2) is 11.5 Å². The molecule has 26 heavy (non-hydrogen) atoms. The average molecular weight is 420 g/mol. The van der Waals surface area contributed by atoms with Gasteiger partial charge in [-0.2, -0.15) is 5.10 Å². The van der Waals surface area contributed by atoms with Gasteiger partial charge in [0.1, 0.15) is 0 Å². The molecule has 0 aliphatic rings. The summed E-state index contributed by atoms with van der Waals surface area (Å²) in [5, 5.41) is 6.38. The highest BCUT2D eigenvalue weighted by atomic mass is 79.9. The van der Waals surface area contributed by atoms with Crippen LogP contribution in [-0.2, 0) is 4.79 Å². The van der Waals surface area contributed by atoms with E-state index in [1.54, 1.807) is 12.1 Å². The van der Waals surface area contributed by atoms with Crippen molar-refractivity contribution in [2.24, 2.45) is 5.10 Å². The molecule has 2 aromatic carbocycles. The summed E-state index contributed by atoms with van der Waals surface area (Å²) >= 11 is 3.38. The first-order chi connectivity index (χ1) is 12.5. The molecule has 0 spiro atoms. The third-order valence-corrected chi connectivity index (χ3v) is 4.08. The lowest BCUT2D eigenvalue weighted by Gasteiger charge is -2.09. The number of hydrogen-bond donors (Lipinski definition) is 2. The lowest BCUT2D eigenvalue weighted by atomic mass is 10.2. The standard InChI is InChI=1S/C18H18BrN3O4/c1-25-15-8-7-12(9-16(15)26-2)18(24)20-11-17(23)22-21-10-13-5-3-4-6-14(13)19/h3-10H,11H2,1-2H3,(H,20,24)(H,22,23)/b21-10+. The van der Waals surface area contributed by atoms with E-state index in [-0.39, 0.29) is 6.54 Å². The summed E-state index contributed by atoms with van der Waals surface area (Å²) in [6, 6.07) is 12.2. The second kappa shape index (κ2) is 9.57. The number of nitrogens with one attached hydrogen (secondary N) is 2. The number of amides is 2. The maximum Gasteiger partial charge on any atom is 0.259 e. The number of benzene rings is 2. The van der Waals surface area contributed by atoms with Crippen LogP contribution in [0.3, 0.4) is 0 Å². The number of carbonyl (C=O) groups excluding carboxylic acids is 2. The molecule has 2 amide bonds. The van der Waals surface area contributed by atoms with Crippen molar-refractivity contribution in [1.82, 2.24) is 10.7 Å². The zero-order valence-corrected chi connectivity index (χ0v) is 15.9. The summed E-state index contributed by atoms with van der Waals surface area (Å²) in [5.41, 5.74) is 3.53. The Balaban J connectivity index is 1.87. The predicted molar refractivity (Wildman–Crippen MR) is 102 cm³/mol. The van der Waals surface area contributed by atoms with Crippen molar-refractivity contribution in [3.05, 3.63) is 58.1 Å². The van der Waals surface area contributed by atoms with Crippen LogP contribution in [0, 0.1) is 0 Å². The van der Waals surface area contributed by atoms with E-state index in [4.69, 9.17) is 9.47 Å². The molecule has 136 valence electrons. The van der Waals surface area contributed by atoms with Crippen molar-refractivity contribution < 1.29 is 19.1 Å². The molecule has 2 rings (SSSR count). The highest BCUT2D eigenvalue weighted by Gasteiger charge is 2.11. The van der Waals surface area contributed by atoms with Gasteiger partial charge in [0.2, 0.25) is 0 Å². The van der Waals surface area contributed by atoms with Gasteiger partial charge < -0.3 is 14.8 Å². The van der Waals surface area contributed by atoms with Gasteiger partial charge in [0, 0.05) is 15.6 Å². The van der Waals surface area contributed by atoms with Crippen LogP contribution in [0.5, 0.6) is 11.5 Å². The minimum atomic E-state index is -0.442. The van der Waals surface area contributed by atoms with Crippen LogP contribution in [0.25, 0.3) is 0 Å². The van der Waals surface area contributed by atoms with Crippen molar-refractivity contribution in [2.45, 2.75) is 0 Å². The van der Waals surface area contributed by atoms with Crippen LogP contribution < -0.4 is 20.2 Å². The van der Waals surface area contributed by atoms with Gasteiger partial charge in [0.05, 0.1) is 27.0 Å². The normalized spacial score (nSPS) is 10.4. The Morgan fingerprint density at radius 2 is 1.85 bits per heavy atom. The molecule has 0 saturated heterocycles. The molecule has 0 aliphatic carbocycles. The minimum absolute atomic E-state index is 0.208. The van der Waals surface area contributed by atoms with Crippen LogP contribution in [0.4, 0.5) is 0 Å². The maximum atomic E-state index is 12.1. The van der Waals surface area contributed by atoms with Gasteiger partial charge in [-0.25, -0.2) is 5.43 Å². The van der Waals surface area contributed by atoms with E-state index in [2.05, 4.69) is 31.8 Å². The summed E-state index contributed by atoms with van der Waals surface area (Å²) < 4.78 is 11.1. The third-order valence-electron chi connectivity index (χ3n) is 3.35. The van der Waals surface area contributed by atoms with E-state index < -0.39 is 11.8 Å². The van der Waals surface area contributed by atoms with E-state index in [9.17, 15) is 9.59 Å². The zero-order valence-electron chi connectivity index (χ0n) is 14.3. The molecule has 2 aromatic rings. The van der Waals surface area contributed by atoms with Gasteiger partial charge in [-0.05, 0) is 24.3 Å². The molecule has 0 heterocycles. The summed E-state index contributed by atoms with van der Waals surface area (Å²) in [6.07, 6.45) is 1.51. The van der Waals surface area contributed by atoms with Gasteiger partial charge >= 0.3 is 0 Å². The molecular weight excluding hydrogens is 402 g/mol. The first-order valence-electron chi connectivity index (χ1n) is 7.61. The molecule has 0 saturated carbocycles. The quantitative estimate of drug-likeness (QED) is 0.532. The fourth-order valence-corrected chi connectivity index (χ4v) is 2.42. The second-order valence-corrected chi connectivity index (χ2v) is 5.92. The fraction of sp³-hybridized carbons (Fsp3) is 0.167. The van der Waals surface area contributed by atoms with Crippen LogP contribution >= 0.6 is 15.9 Å². The Morgan fingerprint density at radius 3 is 2.54 bits per heavy atom. The maximum absolute atomic E-state index is 12.1. The number of carbonyl (C=O) groups is 2. The van der Waals surface area contributed by atoms with Crippen LogP contribution in [0.15, 0.2) is 52.0 Å². The lowest BCUT2D eigenvalue weighted by Crippen LogP contribution is -2.34. The Hall–Kier alpha value is -2.87. The van der Waals surface area contributed by atoms with E-state index in [1.807, 2.05) is 24.3 Å². The summed E-state index contributed by atoms with van der Waals surface area (Å²) in [4.78, 5) is 23.9. The first-order valence-corrected chi connectivity index (χ1v) is 8.41. The molecule has 7 nitrogen and oxygen atoms in total. The molecule has 0 atom stereocenters. The molecule has 8 heteroatoms. The highest BCUT2D eigenvalue weighted by Crippen LogP contribution is 2.27. The highest BCUT2D eigenvalue weighted by molar-refractivity contribution is 9.10. The van der Waals surface area contributed by atoms with Gasteiger partial charge in [-0.1, -0.05) is 34.1 Å². The molecule has 0 aromatic heterocycles. The van der Waals surface area contributed by atoms with Crippen LogP contribution in [-0.4, -0.2) is 38.8 Å². The Kier molecular flexibility index (Phi) is 7.16. The number of ether oxygens (including phenoxy) is 2. The zero-order chi connectivity index (χ0) is 18.9. The SMILES string of the molecule is COc1ccc(C(=O)NCC(=O)N/N=C/c2ccccc2Br)cc1OC. The number of methoxy groups -OCH3 is 2. The Morgan fingerprint density at radius 1 is 1.12 bits per heavy atom. The summed E-state index contributed by atoms with van der Waals surface area (Å²) in [7, 11) is 2.99. The number of hydrazone groups is 1. The fourth-order valence-electron chi connectivity index (χ4n) is 2.03. The molecule has 0 radical (unpaired) electrons. The van der Waals surface area contributed by atoms with Crippen molar-refractivity contribution in [3.63, 3.8) is 0 Å². The second-order valence-electron chi connectivity index (χ2n) is 5.07. The molecule has 0 fully saturated rings. The first kappa shape index (κ1) is 19.5. The van der Waals surface area contributed by atoms with E-state index in [0.29, 0.717) is 17.1 Å². The molecule has 2 N–H and O–H groups in total. The van der Waals surface area contributed by atoms with E-state index in [0.717, 1.165) is 10.0 Å². The van der Waals surface area contributed by atoms with Gasteiger partial charge in [0.25, 0.3) is 11.8 Å². The number of nitrogens with zero attached hydrogens (tertiary/aromatic N) is 1. The molecule has 0 unspecified atom stereocenters. The largest absolute Gasteiger partial charge is 0.493 e. The number of rotatable bonds is 7. The van der Waals surface area contributed by atoms with Crippen LogP contribution in [0.1, 0.15) is 15.9 Å². The topological polar surface area (TPSA) is 89.0 Å². The lowest BCUT2D eigenvalue weighted by molar-refractivity contribution is -0.120. The molecule has 0 aliphatic heterocycles. The smallest absolute Gasteiger partial charge is 0.259 e. The molecule has 0 bridgehead atoms. The monoisotopic (exact) mass is 419 g/mol. The number of halogens is 1. The third kappa shape index (κ3) is 5.32.